The van der Waals surface area contributed by atoms with Crippen LogP contribution in [0.1, 0.15) is 31.4 Å². The maximum Gasteiger partial charge on any atom is 0.434 e. The molecule has 0 radical (unpaired) electrons. The quantitative estimate of drug-likeness (QED) is 0.285. The van der Waals surface area contributed by atoms with E-state index >= 15 is 0 Å². The summed E-state index contributed by atoms with van der Waals surface area (Å²) in [6.45, 7) is 0. The Kier molecular flexibility index (Phi) is 5.51. The number of hydrogen-bond donors (Lipinski definition) is 0. The lowest BCUT2D eigenvalue weighted by molar-refractivity contribution is -0.140. The summed E-state index contributed by atoms with van der Waals surface area (Å²) >= 11 is 0. The molecular weight excluding hydrogens is 450 g/mol. The molecule has 1 saturated carbocycles. The number of carbonyl (C=O) groups excluding carboxylic acids is 1. The molecule has 1 aliphatic carbocycles. The van der Waals surface area contributed by atoms with Crippen LogP contribution in [0, 0.1) is 5.82 Å². The van der Waals surface area contributed by atoms with Gasteiger partial charge in [-0.3, -0.25) is 9.78 Å². The fourth-order valence-corrected chi connectivity index (χ4v) is 4.39. The topological polar surface area (TPSA) is 63.4 Å². The van der Waals surface area contributed by atoms with Crippen LogP contribution < -0.4 is 4.90 Å². The molecule has 6 nitrogen and oxygen atoms in total. The van der Waals surface area contributed by atoms with Crippen molar-refractivity contribution >= 4 is 17.7 Å². The number of alkyl halides is 3. The maximum atomic E-state index is 14.6. The van der Waals surface area contributed by atoms with E-state index in [0.29, 0.717) is 23.3 Å². The zero-order valence-corrected chi connectivity index (χ0v) is 17.8. The number of imidazole rings is 1. The molecule has 1 amide bonds. The van der Waals surface area contributed by atoms with Crippen LogP contribution >= 0.6 is 0 Å². The van der Waals surface area contributed by atoms with Gasteiger partial charge < -0.3 is 4.90 Å². The minimum atomic E-state index is -4.62. The van der Waals surface area contributed by atoms with Gasteiger partial charge in [0.15, 0.2) is 11.3 Å². The molecule has 5 rings (SSSR count). The average Bonchev–Trinajstić information content (AvgIpc) is 3.50. The number of fused-ring (bicyclic) bond motifs is 1. The van der Waals surface area contributed by atoms with Crippen LogP contribution in [0.4, 0.5) is 23.2 Å². The smallest absolute Gasteiger partial charge is 0.309 e. The van der Waals surface area contributed by atoms with Crippen molar-refractivity contribution in [2.24, 2.45) is 0 Å². The lowest BCUT2D eigenvalue weighted by Crippen LogP contribution is -2.32. The van der Waals surface area contributed by atoms with Gasteiger partial charge in [0.2, 0.25) is 6.41 Å². The Morgan fingerprint density at radius 3 is 2.59 bits per heavy atom. The number of anilines is 1. The second-order valence-electron chi connectivity index (χ2n) is 8.16. The molecule has 3 aromatic heterocycles. The molecule has 34 heavy (non-hydrogen) atoms. The van der Waals surface area contributed by atoms with Gasteiger partial charge in [-0.1, -0.05) is 12.8 Å². The summed E-state index contributed by atoms with van der Waals surface area (Å²) in [6, 6.07) is 10.1. The van der Waals surface area contributed by atoms with Crippen molar-refractivity contribution in [2.45, 2.75) is 37.9 Å². The number of nitrogens with zero attached hydrogens (tertiary/aromatic N) is 5. The average molecular weight is 469 g/mol. The summed E-state index contributed by atoms with van der Waals surface area (Å²) < 4.78 is 56.1. The van der Waals surface area contributed by atoms with Crippen LogP contribution in [-0.4, -0.2) is 32.0 Å². The monoisotopic (exact) mass is 469 g/mol. The second kappa shape index (κ2) is 8.51. The lowest BCUT2D eigenvalue weighted by atomic mass is 10.1. The number of amides is 1. The first-order valence-electron chi connectivity index (χ1n) is 10.8. The Balaban J connectivity index is 1.54. The Bertz CT molecular complexity index is 1360. The predicted octanol–water partition coefficient (Wildman–Crippen LogP) is 5.52. The van der Waals surface area contributed by atoms with Gasteiger partial charge in [-0.25, -0.2) is 13.9 Å². The lowest BCUT2D eigenvalue weighted by Gasteiger charge is -2.25. The van der Waals surface area contributed by atoms with Gasteiger partial charge in [-0.15, -0.1) is 0 Å². The normalized spacial score (nSPS) is 14.6. The minimum absolute atomic E-state index is 0.0464. The molecule has 3 heterocycles. The van der Waals surface area contributed by atoms with Crippen molar-refractivity contribution < 1.29 is 22.4 Å². The third-order valence-electron chi connectivity index (χ3n) is 6.02. The largest absolute Gasteiger partial charge is 0.434 e. The number of halogens is 4. The molecule has 0 N–H and O–H groups in total. The molecular formula is C24H19F4N5O. The van der Waals surface area contributed by atoms with E-state index in [4.69, 9.17) is 0 Å². The molecule has 0 aliphatic heterocycles. The van der Waals surface area contributed by atoms with Crippen molar-refractivity contribution in [3.8, 4) is 22.5 Å². The van der Waals surface area contributed by atoms with Gasteiger partial charge in [-0.2, -0.15) is 18.3 Å². The number of aromatic nitrogens is 4. The van der Waals surface area contributed by atoms with Crippen LogP contribution in [0.15, 0.2) is 54.9 Å². The highest BCUT2D eigenvalue weighted by molar-refractivity contribution is 5.79. The van der Waals surface area contributed by atoms with E-state index in [0.717, 1.165) is 31.9 Å². The second-order valence-corrected chi connectivity index (χ2v) is 8.16. The van der Waals surface area contributed by atoms with E-state index in [2.05, 4.69) is 15.1 Å². The summed E-state index contributed by atoms with van der Waals surface area (Å²) in [5.41, 5.74) is 0.516. The Morgan fingerprint density at radius 1 is 1.06 bits per heavy atom. The van der Waals surface area contributed by atoms with Crippen LogP contribution in [0.3, 0.4) is 0 Å². The Labute approximate surface area is 191 Å². The van der Waals surface area contributed by atoms with Crippen molar-refractivity contribution in [1.82, 2.24) is 19.6 Å². The first kappa shape index (κ1) is 22.0. The Hall–Kier alpha value is -3.82. The third-order valence-corrected chi connectivity index (χ3v) is 6.02. The standard InChI is InChI=1S/C24H19F4N5O/c25-18-8-7-15(12-21(18)32(14-34)16-4-1-2-5-16)20-13-33-22(30-20)10-9-19(31-33)17-6-3-11-29-23(17)24(26,27)28/h3,6-14,16H,1-2,4-5H2. The van der Waals surface area contributed by atoms with E-state index in [1.165, 1.54) is 33.7 Å². The van der Waals surface area contributed by atoms with Gasteiger partial charge in [0, 0.05) is 23.4 Å². The molecule has 0 bridgehead atoms. The van der Waals surface area contributed by atoms with Gasteiger partial charge in [0.1, 0.15) is 5.82 Å². The van der Waals surface area contributed by atoms with Gasteiger partial charge in [-0.05, 0) is 55.3 Å². The molecule has 1 aromatic carbocycles. The summed E-state index contributed by atoms with van der Waals surface area (Å²) in [7, 11) is 0. The fraction of sp³-hybridized carbons (Fsp3) is 0.250. The highest BCUT2D eigenvalue weighted by Crippen LogP contribution is 2.35. The van der Waals surface area contributed by atoms with E-state index < -0.39 is 17.7 Å². The molecule has 1 fully saturated rings. The first-order valence-corrected chi connectivity index (χ1v) is 10.8. The van der Waals surface area contributed by atoms with Gasteiger partial charge in [0.05, 0.1) is 23.3 Å². The summed E-state index contributed by atoms with van der Waals surface area (Å²) in [4.78, 5) is 21.1. The highest BCUT2D eigenvalue weighted by Gasteiger charge is 2.36. The van der Waals surface area contributed by atoms with Gasteiger partial charge in [0.25, 0.3) is 0 Å². The summed E-state index contributed by atoms with van der Waals surface area (Å²) in [5.74, 6) is -0.511. The van der Waals surface area contributed by atoms with Crippen molar-refractivity contribution in [3.05, 3.63) is 66.4 Å². The van der Waals surface area contributed by atoms with E-state index in [1.807, 2.05) is 0 Å². The molecule has 0 saturated heterocycles. The highest BCUT2D eigenvalue weighted by atomic mass is 19.4. The predicted molar refractivity (Wildman–Crippen MR) is 117 cm³/mol. The number of benzene rings is 1. The van der Waals surface area contributed by atoms with Gasteiger partial charge >= 0.3 is 6.18 Å². The van der Waals surface area contributed by atoms with E-state index in [1.54, 1.807) is 24.4 Å². The Morgan fingerprint density at radius 2 is 1.85 bits per heavy atom. The van der Waals surface area contributed by atoms with Crippen LogP contribution in [0.5, 0.6) is 0 Å². The number of hydrogen-bond acceptors (Lipinski definition) is 4. The van der Waals surface area contributed by atoms with E-state index in [9.17, 15) is 22.4 Å². The van der Waals surface area contributed by atoms with E-state index in [-0.39, 0.29) is 23.0 Å². The molecule has 1 aliphatic rings. The van der Waals surface area contributed by atoms with Crippen molar-refractivity contribution in [3.63, 3.8) is 0 Å². The minimum Gasteiger partial charge on any atom is -0.309 e. The molecule has 0 unspecified atom stereocenters. The SMILES string of the molecule is O=CN(c1cc(-c2cn3nc(-c4cccnc4C(F)(F)F)ccc3n2)ccc1F)C1CCCC1. The van der Waals surface area contributed by atoms with Crippen LogP contribution in [0.25, 0.3) is 28.2 Å². The molecule has 10 heteroatoms. The van der Waals surface area contributed by atoms with Crippen molar-refractivity contribution in [2.75, 3.05) is 4.90 Å². The van der Waals surface area contributed by atoms with Crippen LogP contribution in [0.2, 0.25) is 0 Å². The summed E-state index contributed by atoms with van der Waals surface area (Å²) in [5, 5.41) is 4.29. The van der Waals surface area contributed by atoms with Crippen molar-refractivity contribution in [1.29, 1.82) is 0 Å². The molecule has 174 valence electrons. The fourth-order valence-electron chi connectivity index (χ4n) is 4.39. The third kappa shape index (κ3) is 4.00. The first-order chi connectivity index (χ1) is 16.3. The van der Waals surface area contributed by atoms with Crippen LogP contribution in [-0.2, 0) is 11.0 Å². The number of carbonyl (C=O) groups is 1. The zero-order valence-electron chi connectivity index (χ0n) is 17.8. The molecule has 4 aromatic rings. The zero-order chi connectivity index (χ0) is 23.9. The molecule has 0 atom stereocenters. The number of pyridine rings is 1. The maximum absolute atomic E-state index is 14.6. The summed E-state index contributed by atoms with van der Waals surface area (Å²) in [6.07, 6.45) is 2.28. The number of rotatable bonds is 5. The molecule has 0 spiro atoms.